The molecule has 1 aromatic heterocycles. The molecule has 0 atom stereocenters. The predicted molar refractivity (Wildman–Crippen MR) is 97.5 cm³/mol. The van der Waals surface area contributed by atoms with Gasteiger partial charge in [0.15, 0.2) is 11.6 Å². The predicted octanol–water partition coefficient (Wildman–Crippen LogP) is 4.51. The molecule has 148 valence electrons. The largest absolute Gasteiger partial charge is 0.493 e. The molecule has 0 unspecified atom stereocenters. The monoisotopic (exact) mass is 448 g/mol. The fraction of sp³-hybridized carbons (Fsp3) is 0.556. The summed E-state index contributed by atoms with van der Waals surface area (Å²) in [6.45, 7) is 3.47. The van der Waals surface area contributed by atoms with Gasteiger partial charge in [-0.2, -0.15) is 13.2 Å². The lowest BCUT2D eigenvalue weighted by atomic mass is 9.77. The van der Waals surface area contributed by atoms with Crippen LogP contribution in [0.1, 0.15) is 55.3 Å². The van der Waals surface area contributed by atoms with Crippen molar-refractivity contribution in [2.24, 2.45) is 0 Å². The van der Waals surface area contributed by atoms with E-state index in [2.05, 4.69) is 20.9 Å². The Bertz CT molecular complexity index is 869. The first-order valence-corrected chi connectivity index (χ1v) is 9.77. The minimum absolute atomic E-state index is 0.00357. The molecule has 1 aliphatic carbocycles. The molecule has 9 heteroatoms. The maximum absolute atomic E-state index is 13.8. The van der Waals surface area contributed by atoms with Crippen LogP contribution in [0.2, 0.25) is 0 Å². The summed E-state index contributed by atoms with van der Waals surface area (Å²) < 4.78 is 48.1. The van der Waals surface area contributed by atoms with E-state index >= 15 is 0 Å². The molecule has 3 rings (SSSR count). The van der Waals surface area contributed by atoms with Gasteiger partial charge in [0.1, 0.15) is 5.75 Å². The highest BCUT2D eigenvalue weighted by Gasteiger charge is 2.44. The van der Waals surface area contributed by atoms with Crippen LogP contribution in [0.25, 0.3) is 11.0 Å². The number of imidazole rings is 1. The Morgan fingerprint density at radius 2 is 2.11 bits per heavy atom. The lowest BCUT2D eigenvalue weighted by Gasteiger charge is -2.42. The molecule has 27 heavy (non-hydrogen) atoms. The summed E-state index contributed by atoms with van der Waals surface area (Å²) in [5, 5.41) is 10.5. The van der Waals surface area contributed by atoms with E-state index in [1.807, 2.05) is 0 Å². The van der Waals surface area contributed by atoms with E-state index < -0.39 is 23.4 Å². The molecule has 2 aromatic rings. The van der Waals surface area contributed by atoms with Gasteiger partial charge in [-0.1, -0.05) is 22.9 Å². The smallest absolute Gasteiger partial charge is 0.418 e. The molecule has 0 saturated heterocycles. The number of hydrogen-bond donors (Lipinski definition) is 1. The maximum Gasteiger partial charge on any atom is 0.418 e. The molecular formula is C18H20BrF3N2O3. The number of hydrogen-bond acceptors (Lipinski definition) is 4. The van der Waals surface area contributed by atoms with Gasteiger partial charge in [-0.25, -0.2) is 4.98 Å². The third kappa shape index (κ3) is 3.85. The lowest BCUT2D eigenvalue weighted by Crippen LogP contribution is -2.42. The fourth-order valence-corrected chi connectivity index (χ4v) is 3.67. The first kappa shape index (κ1) is 20.1. The Kier molecular flexibility index (Phi) is 5.28. The van der Waals surface area contributed by atoms with E-state index in [-0.39, 0.29) is 54.3 Å². The molecule has 1 fully saturated rings. The first-order chi connectivity index (χ1) is 12.6. The first-order valence-electron chi connectivity index (χ1n) is 8.65. The number of fused-ring (bicyclic) bond motifs is 1. The number of ether oxygens (including phenoxy) is 1. The maximum atomic E-state index is 13.8. The zero-order valence-electron chi connectivity index (χ0n) is 14.9. The zero-order valence-corrected chi connectivity index (χ0v) is 16.5. The Balaban J connectivity index is 2.24. The number of benzene rings is 1. The lowest BCUT2D eigenvalue weighted by molar-refractivity contribution is -0.136. The van der Waals surface area contributed by atoms with Gasteiger partial charge in [-0.05, 0) is 25.8 Å². The average molecular weight is 449 g/mol. The minimum Gasteiger partial charge on any atom is -0.493 e. The van der Waals surface area contributed by atoms with Crippen LogP contribution in [0.3, 0.4) is 0 Å². The molecule has 5 nitrogen and oxygen atoms in total. The number of nitrogens with zero attached hydrogens (tertiary/aromatic N) is 2. The topological polar surface area (TPSA) is 64.3 Å². The highest BCUT2D eigenvalue weighted by Crippen LogP contribution is 2.46. The van der Waals surface area contributed by atoms with Crippen LogP contribution < -0.4 is 4.74 Å². The number of carbonyl (C=O) groups is 1. The van der Waals surface area contributed by atoms with Gasteiger partial charge in [-0.15, -0.1) is 0 Å². The molecule has 1 aromatic carbocycles. The quantitative estimate of drug-likeness (QED) is 0.521. The van der Waals surface area contributed by atoms with Gasteiger partial charge < -0.3 is 14.4 Å². The fourth-order valence-electron chi connectivity index (χ4n) is 3.51. The second kappa shape index (κ2) is 7.09. The van der Waals surface area contributed by atoms with Crippen LogP contribution in [-0.2, 0) is 6.18 Å². The molecule has 0 bridgehead atoms. The third-order valence-electron chi connectivity index (χ3n) is 4.70. The van der Waals surface area contributed by atoms with Crippen LogP contribution in [0.5, 0.6) is 5.75 Å². The summed E-state index contributed by atoms with van der Waals surface area (Å²) >= 11 is 3.17. The van der Waals surface area contributed by atoms with E-state index in [1.54, 1.807) is 13.8 Å². The van der Waals surface area contributed by atoms with Gasteiger partial charge in [0.25, 0.3) is 0 Å². The number of Topliss-reactive ketones (excluding diaryl/α,β-unsaturated/α-hetero) is 1. The number of aliphatic hydroxyl groups is 1. The van der Waals surface area contributed by atoms with Crippen molar-refractivity contribution in [1.29, 1.82) is 0 Å². The number of ketones is 1. The van der Waals surface area contributed by atoms with E-state index in [4.69, 9.17) is 4.74 Å². The average Bonchev–Trinajstić information content (AvgIpc) is 2.94. The van der Waals surface area contributed by atoms with E-state index in [1.165, 1.54) is 10.6 Å². The second-order valence-corrected chi connectivity index (χ2v) is 7.81. The van der Waals surface area contributed by atoms with Crippen molar-refractivity contribution in [3.8, 4) is 5.75 Å². The highest BCUT2D eigenvalue weighted by molar-refractivity contribution is 9.09. The van der Waals surface area contributed by atoms with Gasteiger partial charge in [0.2, 0.25) is 0 Å². The molecule has 0 spiro atoms. The molecule has 1 N–H and O–H groups in total. The summed E-state index contributed by atoms with van der Waals surface area (Å²) in [5.41, 5.74) is -1.91. The summed E-state index contributed by atoms with van der Waals surface area (Å²) in [5.74, 6) is -0.292. The molecule has 0 amide bonds. The zero-order chi connectivity index (χ0) is 20.0. The third-order valence-corrected chi connectivity index (χ3v) is 5.02. The highest BCUT2D eigenvalue weighted by atomic mass is 79.9. The van der Waals surface area contributed by atoms with Crippen LogP contribution in [0, 0.1) is 0 Å². The Morgan fingerprint density at radius 1 is 1.44 bits per heavy atom. The van der Waals surface area contributed by atoms with E-state index in [9.17, 15) is 23.1 Å². The molecule has 0 radical (unpaired) electrons. The number of rotatable bonds is 6. The van der Waals surface area contributed by atoms with E-state index in [0.717, 1.165) is 6.07 Å². The number of aromatic nitrogens is 2. The van der Waals surface area contributed by atoms with Crippen molar-refractivity contribution < 1.29 is 27.8 Å². The standard InChI is InChI=1S/C18H20BrF3N2O3/c1-3-14(25)16-23-13-7-11(27-5-4-19)6-12(18(20,21)22)15(13)24(16)10-8-17(2,26)9-10/h6-7,10,26H,3-5,8-9H2,1-2H3. The van der Waals surface area contributed by atoms with Crippen LogP contribution in [-0.4, -0.2) is 38.0 Å². The van der Waals surface area contributed by atoms with Gasteiger partial charge in [0, 0.05) is 23.9 Å². The number of alkyl halides is 4. The van der Waals surface area contributed by atoms with Crippen molar-refractivity contribution in [3.05, 3.63) is 23.5 Å². The summed E-state index contributed by atoms with van der Waals surface area (Å²) in [6, 6.07) is 1.96. The van der Waals surface area contributed by atoms with Gasteiger partial charge in [-0.3, -0.25) is 4.79 Å². The Labute approximate surface area is 162 Å². The molecule has 1 aliphatic rings. The summed E-state index contributed by atoms with van der Waals surface area (Å²) in [4.78, 5) is 16.6. The van der Waals surface area contributed by atoms with Crippen molar-refractivity contribution >= 4 is 32.7 Å². The normalized spacial score (nSPS) is 22.7. The summed E-state index contributed by atoms with van der Waals surface area (Å²) in [6.07, 6.45) is -3.98. The van der Waals surface area contributed by atoms with Gasteiger partial charge >= 0.3 is 6.18 Å². The molecule has 1 heterocycles. The van der Waals surface area contributed by atoms with Crippen LogP contribution in [0.4, 0.5) is 13.2 Å². The van der Waals surface area contributed by atoms with E-state index in [0.29, 0.717) is 5.33 Å². The Morgan fingerprint density at radius 3 is 2.63 bits per heavy atom. The van der Waals surface area contributed by atoms with Crippen molar-refractivity contribution in [1.82, 2.24) is 9.55 Å². The second-order valence-electron chi connectivity index (χ2n) is 7.01. The molecule has 1 saturated carbocycles. The van der Waals surface area contributed by atoms with Crippen molar-refractivity contribution in [2.45, 2.75) is 50.9 Å². The SMILES string of the molecule is CCC(=O)c1nc2cc(OCCBr)cc(C(F)(F)F)c2n1C1CC(C)(O)C1. The van der Waals surface area contributed by atoms with Crippen molar-refractivity contribution in [2.75, 3.05) is 11.9 Å². The number of halogens is 4. The van der Waals surface area contributed by atoms with Crippen molar-refractivity contribution in [3.63, 3.8) is 0 Å². The van der Waals surface area contributed by atoms with Crippen LogP contribution >= 0.6 is 15.9 Å². The molecule has 0 aliphatic heterocycles. The minimum atomic E-state index is -4.64. The van der Waals surface area contributed by atoms with Gasteiger partial charge in [0.05, 0.1) is 28.8 Å². The Hall–Kier alpha value is -1.61. The summed E-state index contributed by atoms with van der Waals surface area (Å²) in [7, 11) is 0. The van der Waals surface area contributed by atoms with Crippen LogP contribution in [0.15, 0.2) is 12.1 Å². The number of carbonyl (C=O) groups excluding carboxylic acids is 1. The molecular weight excluding hydrogens is 429 g/mol.